The molecule has 1 aliphatic rings. The van der Waals surface area contributed by atoms with Crippen molar-refractivity contribution in [2.45, 2.75) is 20.5 Å². The van der Waals surface area contributed by atoms with Crippen LogP contribution in [0, 0.1) is 13.8 Å². The van der Waals surface area contributed by atoms with E-state index in [0.29, 0.717) is 38.4 Å². The number of methoxy groups -OCH3 is 1. The second kappa shape index (κ2) is 11.9. The van der Waals surface area contributed by atoms with E-state index < -0.39 is 23.6 Å². The minimum atomic E-state index is -0.565. The molecule has 7 nitrogen and oxygen atoms in total. The molecule has 1 saturated heterocycles. The molecule has 1 heterocycles. The summed E-state index contributed by atoms with van der Waals surface area (Å²) < 4.78 is 11.5. The third-order valence-corrected chi connectivity index (χ3v) is 7.36. The zero-order chi connectivity index (χ0) is 27.4. The Labute approximate surface area is 234 Å². The Morgan fingerprint density at radius 2 is 1.84 bits per heavy atom. The van der Waals surface area contributed by atoms with Crippen LogP contribution in [0.15, 0.2) is 59.5 Å². The first-order valence-electron chi connectivity index (χ1n) is 11.5. The predicted molar refractivity (Wildman–Crippen MR) is 151 cm³/mol. The van der Waals surface area contributed by atoms with E-state index in [2.05, 4.69) is 5.32 Å². The Bertz CT molecular complexity index is 1460. The molecule has 1 aliphatic heterocycles. The van der Waals surface area contributed by atoms with Crippen molar-refractivity contribution in [3.8, 4) is 11.5 Å². The molecule has 0 saturated carbocycles. The predicted octanol–water partition coefficient (Wildman–Crippen LogP) is 6.87. The maximum Gasteiger partial charge on any atom is 0.294 e. The molecule has 38 heavy (non-hydrogen) atoms. The van der Waals surface area contributed by atoms with Crippen molar-refractivity contribution in [2.24, 2.45) is 0 Å². The van der Waals surface area contributed by atoms with Gasteiger partial charge < -0.3 is 14.8 Å². The molecule has 0 unspecified atom stereocenters. The third-order valence-electron chi connectivity index (χ3n) is 5.87. The van der Waals surface area contributed by atoms with E-state index in [1.807, 2.05) is 26.0 Å². The Morgan fingerprint density at radius 3 is 2.55 bits per heavy atom. The Kier molecular flexibility index (Phi) is 8.66. The molecule has 196 valence electrons. The lowest BCUT2D eigenvalue weighted by molar-refractivity contribution is -0.127. The van der Waals surface area contributed by atoms with E-state index in [4.69, 9.17) is 32.7 Å². The average Bonchev–Trinajstić information content (AvgIpc) is 3.13. The van der Waals surface area contributed by atoms with Crippen LogP contribution < -0.4 is 14.8 Å². The van der Waals surface area contributed by atoms with Crippen LogP contribution in [0.2, 0.25) is 10.0 Å². The number of hydrogen-bond donors (Lipinski definition) is 1. The van der Waals surface area contributed by atoms with Gasteiger partial charge in [-0.2, -0.15) is 0 Å². The number of imide groups is 1. The van der Waals surface area contributed by atoms with Crippen molar-refractivity contribution < 1.29 is 23.9 Å². The number of aryl methyl sites for hydroxylation is 2. The Balaban J connectivity index is 1.51. The van der Waals surface area contributed by atoms with Crippen molar-refractivity contribution in [2.75, 3.05) is 19.0 Å². The molecule has 0 aromatic heterocycles. The highest BCUT2D eigenvalue weighted by molar-refractivity contribution is 8.18. The number of amides is 3. The molecule has 0 aliphatic carbocycles. The first-order chi connectivity index (χ1) is 18.2. The molecule has 0 radical (unpaired) electrons. The van der Waals surface area contributed by atoms with Gasteiger partial charge in [0.05, 0.1) is 12.0 Å². The van der Waals surface area contributed by atoms with E-state index in [9.17, 15) is 14.4 Å². The summed E-state index contributed by atoms with van der Waals surface area (Å²) >= 11 is 13.0. The minimum Gasteiger partial charge on any atom is -0.493 e. The van der Waals surface area contributed by atoms with E-state index in [-0.39, 0.29) is 11.5 Å². The molecule has 0 bridgehead atoms. The molecule has 4 rings (SSSR count). The standard InChI is InChI=1S/C28H24Cl2N2O5S/c1-16-7-10-21(11-17(16)2)31-25(33)14-32-27(34)24(38-28(32)35)12-18-5-4-6-23(36-3)26(18)37-15-19-8-9-20(29)13-22(19)30/h4-13H,14-15H2,1-3H3,(H,31,33)/b24-12+. The van der Waals surface area contributed by atoms with Gasteiger partial charge in [0.2, 0.25) is 5.91 Å². The maximum atomic E-state index is 13.1. The molecule has 0 atom stereocenters. The van der Waals surface area contributed by atoms with Crippen LogP contribution in [0.5, 0.6) is 11.5 Å². The molecule has 1 fully saturated rings. The number of nitrogens with zero attached hydrogens (tertiary/aromatic N) is 1. The van der Waals surface area contributed by atoms with Gasteiger partial charge in [-0.15, -0.1) is 0 Å². The molecule has 1 N–H and O–H groups in total. The zero-order valence-corrected chi connectivity index (χ0v) is 23.2. The molecular weight excluding hydrogens is 547 g/mol. The van der Waals surface area contributed by atoms with Gasteiger partial charge in [-0.3, -0.25) is 19.3 Å². The van der Waals surface area contributed by atoms with Crippen LogP contribution in [0.4, 0.5) is 10.5 Å². The van der Waals surface area contributed by atoms with Crippen molar-refractivity contribution in [1.29, 1.82) is 0 Å². The fraction of sp³-hybridized carbons (Fsp3) is 0.179. The Morgan fingerprint density at radius 1 is 1.05 bits per heavy atom. The van der Waals surface area contributed by atoms with E-state index >= 15 is 0 Å². The first-order valence-corrected chi connectivity index (χ1v) is 13.1. The number of benzene rings is 3. The summed E-state index contributed by atoms with van der Waals surface area (Å²) in [7, 11) is 1.50. The van der Waals surface area contributed by atoms with Crippen LogP contribution in [0.25, 0.3) is 6.08 Å². The fourth-order valence-electron chi connectivity index (χ4n) is 3.69. The van der Waals surface area contributed by atoms with E-state index in [1.54, 1.807) is 48.5 Å². The lowest BCUT2D eigenvalue weighted by atomic mass is 10.1. The van der Waals surface area contributed by atoms with Crippen molar-refractivity contribution in [3.05, 3.63) is 91.8 Å². The number of rotatable bonds is 8. The summed E-state index contributed by atoms with van der Waals surface area (Å²) in [5.41, 5.74) is 3.95. The maximum absolute atomic E-state index is 13.1. The summed E-state index contributed by atoms with van der Waals surface area (Å²) in [6.07, 6.45) is 1.55. The monoisotopic (exact) mass is 570 g/mol. The quantitative estimate of drug-likeness (QED) is 0.297. The smallest absolute Gasteiger partial charge is 0.294 e. The number of nitrogens with one attached hydrogen (secondary N) is 1. The summed E-state index contributed by atoms with van der Waals surface area (Å²) in [6.45, 7) is 3.63. The number of hydrogen-bond acceptors (Lipinski definition) is 6. The fourth-order valence-corrected chi connectivity index (χ4v) is 4.98. The van der Waals surface area contributed by atoms with Crippen molar-refractivity contribution in [1.82, 2.24) is 4.90 Å². The van der Waals surface area contributed by atoms with Crippen LogP contribution in [0.1, 0.15) is 22.3 Å². The summed E-state index contributed by atoms with van der Waals surface area (Å²) in [5, 5.41) is 3.17. The van der Waals surface area contributed by atoms with E-state index in [1.165, 1.54) is 7.11 Å². The molecular formula is C28H24Cl2N2O5S. The second-order valence-corrected chi connectivity index (χ2v) is 10.4. The highest BCUT2D eigenvalue weighted by atomic mass is 35.5. The average molecular weight is 571 g/mol. The van der Waals surface area contributed by atoms with Gasteiger partial charge in [-0.05, 0) is 73.1 Å². The number of carbonyl (C=O) groups is 3. The van der Waals surface area contributed by atoms with Crippen molar-refractivity contribution >= 4 is 63.8 Å². The number of halogens is 2. The number of para-hydroxylation sites is 1. The highest BCUT2D eigenvalue weighted by Gasteiger charge is 2.36. The van der Waals surface area contributed by atoms with Gasteiger partial charge in [-0.25, -0.2) is 0 Å². The molecule has 10 heteroatoms. The minimum absolute atomic E-state index is 0.122. The van der Waals surface area contributed by atoms with Gasteiger partial charge in [-0.1, -0.05) is 47.5 Å². The Hall–Kier alpha value is -3.46. The summed E-state index contributed by atoms with van der Waals surface area (Å²) in [5.74, 6) is -0.220. The lowest BCUT2D eigenvalue weighted by Gasteiger charge is -2.15. The number of anilines is 1. The van der Waals surface area contributed by atoms with Gasteiger partial charge in [0.1, 0.15) is 13.2 Å². The first kappa shape index (κ1) is 27.6. The number of ether oxygens (including phenoxy) is 2. The molecule has 3 aromatic carbocycles. The second-order valence-electron chi connectivity index (χ2n) is 8.52. The molecule has 3 amide bonds. The van der Waals surface area contributed by atoms with Crippen molar-refractivity contribution in [3.63, 3.8) is 0 Å². The number of thioether (sulfide) groups is 1. The lowest BCUT2D eigenvalue weighted by Crippen LogP contribution is -2.36. The largest absolute Gasteiger partial charge is 0.493 e. The van der Waals surface area contributed by atoms with Crippen LogP contribution in [0.3, 0.4) is 0 Å². The summed E-state index contributed by atoms with van der Waals surface area (Å²) in [4.78, 5) is 39.4. The van der Waals surface area contributed by atoms with Crippen LogP contribution in [-0.2, 0) is 16.2 Å². The van der Waals surface area contributed by atoms with Gasteiger partial charge in [0.25, 0.3) is 11.1 Å². The zero-order valence-electron chi connectivity index (χ0n) is 20.8. The van der Waals surface area contributed by atoms with Gasteiger partial charge in [0.15, 0.2) is 11.5 Å². The third kappa shape index (κ3) is 6.32. The number of carbonyl (C=O) groups excluding carboxylic acids is 3. The normalized spacial score (nSPS) is 14.2. The SMILES string of the molecule is COc1cccc(/C=C2/SC(=O)N(CC(=O)Nc3ccc(C)c(C)c3)C2=O)c1OCc1ccc(Cl)cc1Cl. The van der Waals surface area contributed by atoms with Crippen LogP contribution >= 0.6 is 35.0 Å². The van der Waals surface area contributed by atoms with Gasteiger partial charge >= 0.3 is 0 Å². The van der Waals surface area contributed by atoms with Crippen LogP contribution in [-0.4, -0.2) is 35.6 Å². The van der Waals surface area contributed by atoms with Gasteiger partial charge in [0, 0.05) is 26.9 Å². The summed E-state index contributed by atoms with van der Waals surface area (Å²) in [6, 6.07) is 15.8. The highest BCUT2D eigenvalue weighted by Crippen LogP contribution is 2.38. The molecule has 0 spiro atoms. The molecule has 3 aromatic rings. The topological polar surface area (TPSA) is 84.9 Å². The van der Waals surface area contributed by atoms with E-state index in [0.717, 1.165) is 27.8 Å².